The monoisotopic (exact) mass is 497 g/mol. The first-order valence-electron chi connectivity index (χ1n) is 11.7. The van der Waals surface area contributed by atoms with Crippen molar-refractivity contribution in [1.29, 1.82) is 0 Å². The number of tetrazole rings is 1. The van der Waals surface area contributed by atoms with Crippen LogP contribution in [-0.2, 0) is 17.5 Å². The SMILES string of the molecule is COCCn1nnnc1[C@@H](c1ccc2ncccc2c1)N1CCN(c2cccc(C(F)(F)F)c2)CC1. The van der Waals surface area contributed by atoms with Crippen LogP contribution in [0.2, 0.25) is 0 Å². The number of pyridine rings is 1. The minimum atomic E-state index is -4.37. The normalized spacial score (nSPS) is 15.9. The molecule has 4 aromatic rings. The maximum atomic E-state index is 13.2. The quantitative estimate of drug-likeness (QED) is 0.385. The maximum Gasteiger partial charge on any atom is 0.416 e. The molecule has 1 atom stereocenters. The van der Waals surface area contributed by atoms with E-state index < -0.39 is 11.7 Å². The molecule has 5 rings (SSSR count). The molecule has 1 saturated heterocycles. The molecule has 1 fully saturated rings. The smallest absolute Gasteiger partial charge is 0.383 e. The highest BCUT2D eigenvalue weighted by Crippen LogP contribution is 2.34. The molecule has 0 aliphatic carbocycles. The van der Waals surface area contributed by atoms with Crippen molar-refractivity contribution < 1.29 is 17.9 Å². The van der Waals surface area contributed by atoms with Crippen LogP contribution in [0.5, 0.6) is 0 Å². The number of hydrogen-bond donors (Lipinski definition) is 0. The molecule has 0 N–H and O–H groups in total. The van der Waals surface area contributed by atoms with Crippen molar-refractivity contribution >= 4 is 16.6 Å². The second kappa shape index (κ2) is 10.2. The fourth-order valence-corrected chi connectivity index (χ4v) is 4.65. The van der Waals surface area contributed by atoms with Gasteiger partial charge in [0.1, 0.15) is 0 Å². The molecular formula is C25H26F3N7O. The number of hydrogen-bond acceptors (Lipinski definition) is 7. The Morgan fingerprint density at radius 2 is 1.83 bits per heavy atom. The fourth-order valence-electron chi connectivity index (χ4n) is 4.65. The van der Waals surface area contributed by atoms with E-state index in [-0.39, 0.29) is 6.04 Å². The van der Waals surface area contributed by atoms with Gasteiger partial charge < -0.3 is 9.64 Å². The topological polar surface area (TPSA) is 72.2 Å². The van der Waals surface area contributed by atoms with Gasteiger partial charge in [-0.1, -0.05) is 18.2 Å². The van der Waals surface area contributed by atoms with Crippen LogP contribution < -0.4 is 4.90 Å². The predicted octanol–water partition coefficient (Wildman–Crippen LogP) is 3.80. The molecule has 0 spiro atoms. The highest BCUT2D eigenvalue weighted by Gasteiger charge is 2.33. The Balaban J connectivity index is 1.43. The Kier molecular flexibility index (Phi) is 6.84. The first kappa shape index (κ1) is 24.1. The third-order valence-electron chi connectivity index (χ3n) is 6.47. The maximum absolute atomic E-state index is 13.2. The number of benzene rings is 2. The van der Waals surface area contributed by atoms with E-state index >= 15 is 0 Å². The zero-order valence-corrected chi connectivity index (χ0v) is 19.8. The summed E-state index contributed by atoms with van der Waals surface area (Å²) in [6, 6.07) is 15.3. The van der Waals surface area contributed by atoms with Crippen molar-refractivity contribution in [2.75, 3.05) is 44.8 Å². The molecule has 2 aromatic heterocycles. The third kappa shape index (κ3) is 5.02. The molecule has 8 nitrogen and oxygen atoms in total. The van der Waals surface area contributed by atoms with Crippen molar-refractivity contribution in [3.63, 3.8) is 0 Å². The lowest BCUT2D eigenvalue weighted by molar-refractivity contribution is -0.137. The van der Waals surface area contributed by atoms with Gasteiger partial charge in [0.25, 0.3) is 0 Å². The highest BCUT2D eigenvalue weighted by molar-refractivity contribution is 5.79. The number of halogens is 3. The van der Waals surface area contributed by atoms with Gasteiger partial charge in [-0.2, -0.15) is 13.2 Å². The van der Waals surface area contributed by atoms with E-state index in [4.69, 9.17) is 4.74 Å². The average Bonchev–Trinajstić information content (AvgIpc) is 3.35. The summed E-state index contributed by atoms with van der Waals surface area (Å²) in [5.74, 6) is 0.697. The molecule has 0 unspecified atom stereocenters. The van der Waals surface area contributed by atoms with Crippen LogP contribution in [0.15, 0.2) is 60.8 Å². The van der Waals surface area contributed by atoms with E-state index in [0.29, 0.717) is 50.8 Å². The summed E-state index contributed by atoms with van der Waals surface area (Å²) < 4.78 is 46.7. The largest absolute Gasteiger partial charge is 0.416 e. The zero-order chi connectivity index (χ0) is 25.1. The third-order valence-corrected chi connectivity index (χ3v) is 6.47. The molecule has 2 aromatic carbocycles. The van der Waals surface area contributed by atoms with Crippen molar-refractivity contribution in [3.05, 3.63) is 77.7 Å². The van der Waals surface area contributed by atoms with Crippen molar-refractivity contribution in [3.8, 4) is 0 Å². The number of nitrogens with zero attached hydrogens (tertiary/aromatic N) is 7. The molecular weight excluding hydrogens is 471 g/mol. The number of rotatable bonds is 7. The molecule has 0 radical (unpaired) electrons. The van der Waals surface area contributed by atoms with Crippen LogP contribution in [0.3, 0.4) is 0 Å². The average molecular weight is 498 g/mol. The molecule has 1 aliphatic rings. The molecule has 11 heteroatoms. The van der Waals surface area contributed by atoms with Crippen molar-refractivity contribution in [2.45, 2.75) is 18.8 Å². The van der Waals surface area contributed by atoms with Crippen LogP contribution in [0.4, 0.5) is 18.9 Å². The second-order valence-corrected chi connectivity index (χ2v) is 8.68. The Morgan fingerprint density at radius 1 is 1.00 bits per heavy atom. The number of aromatic nitrogens is 5. The van der Waals surface area contributed by atoms with E-state index in [0.717, 1.165) is 22.5 Å². The zero-order valence-electron chi connectivity index (χ0n) is 19.8. The molecule has 3 heterocycles. The Bertz CT molecular complexity index is 1320. The summed E-state index contributed by atoms with van der Waals surface area (Å²) in [6.07, 6.45) is -2.61. The lowest BCUT2D eigenvalue weighted by Crippen LogP contribution is -2.48. The van der Waals surface area contributed by atoms with Gasteiger partial charge in [-0.15, -0.1) is 5.10 Å². The highest BCUT2D eigenvalue weighted by atomic mass is 19.4. The van der Waals surface area contributed by atoms with Gasteiger partial charge in [0.2, 0.25) is 0 Å². The van der Waals surface area contributed by atoms with E-state index in [1.807, 2.05) is 29.2 Å². The van der Waals surface area contributed by atoms with E-state index in [9.17, 15) is 13.2 Å². The Morgan fingerprint density at radius 3 is 2.61 bits per heavy atom. The minimum absolute atomic E-state index is 0.231. The molecule has 0 saturated carbocycles. The number of alkyl halides is 3. The Labute approximate surface area is 206 Å². The van der Waals surface area contributed by atoms with E-state index in [1.165, 1.54) is 12.1 Å². The summed E-state index contributed by atoms with van der Waals surface area (Å²) in [6.45, 7) is 3.38. The van der Waals surface area contributed by atoms with Crippen LogP contribution in [0, 0.1) is 0 Å². The van der Waals surface area contributed by atoms with Gasteiger partial charge >= 0.3 is 6.18 Å². The van der Waals surface area contributed by atoms with Gasteiger partial charge in [-0.3, -0.25) is 9.88 Å². The van der Waals surface area contributed by atoms with Gasteiger partial charge in [0, 0.05) is 50.6 Å². The second-order valence-electron chi connectivity index (χ2n) is 8.68. The molecule has 188 valence electrons. The predicted molar refractivity (Wildman–Crippen MR) is 129 cm³/mol. The molecule has 0 bridgehead atoms. The number of fused-ring (bicyclic) bond motifs is 1. The van der Waals surface area contributed by atoms with Gasteiger partial charge in [0.05, 0.1) is 30.3 Å². The summed E-state index contributed by atoms with van der Waals surface area (Å²) in [5.41, 5.74) is 1.86. The van der Waals surface area contributed by atoms with E-state index in [2.05, 4.69) is 31.5 Å². The number of anilines is 1. The first-order valence-corrected chi connectivity index (χ1v) is 11.7. The van der Waals surface area contributed by atoms with Gasteiger partial charge in [-0.25, -0.2) is 4.68 Å². The number of methoxy groups -OCH3 is 1. The molecule has 1 aliphatic heterocycles. The minimum Gasteiger partial charge on any atom is -0.383 e. The number of piperazine rings is 1. The van der Waals surface area contributed by atoms with Crippen molar-refractivity contribution in [2.24, 2.45) is 0 Å². The standard InChI is InChI=1S/C25H26F3N7O/c1-36-15-14-35-24(30-31-32-35)23(19-7-8-22-18(16-19)4-3-9-29-22)34-12-10-33(11-13-34)21-6-2-5-20(17-21)25(26,27)28/h2-9,16-17,23H,10-15H2,1H3/t23-/m1/s1. The van der Waals surface area contributed by atoms with Crippen LogP contribution in [0.25, 0.3) is 10.9 Å². The van der Waals surface area contributed by atoms with Crippen LogP contribution in [0.1, 0.15) is 23.0 Å². The van der Waals surface area contributed by atoms with Gasteiger partial charge in [-0.05, 0) is 52.4 Å². The Hall–Kier alpha value is -3.57. The first-order chi connectivity index (χ1) is 17.4. The molecule has 0 amide bonds. The van der Waals surface area contributed by atoms with Crippen LogP contribution in [-0.4, -0.2) is 70.0 Å². The lowest BCUT2D eigenvalue weighted by Gasteiger charge is -2.40. The van der Waals surface area contributed by atoms with Gasteiger partial charge in [0.15, 0.2) is 5.82 Å². The van der Waals surface area contributed by atoms with Crippen molar-refractivity contribution in [1.82, 2.24) is 30.1 Å². The summed E-state index contributed by atoms with van der Waals surface area (Å²) in [7, 11) is 1.63. The summed E-state index contributed by atoms with van der Waals surface area (Å²) in [4.78, 5) is 8.68. The lowest BCUT2D eigenvalue weighted by atomic mass is 10.0. The van der Waals surface area contributed by atoms with Crippen LogP contribution >= 0.6 is 0 Å². The molecule has 36 heavy (non-hydrogen) atoms. The van der Waals surface area contributed by atoms with E-state index in [1.54, 1.807) is 24.1 Å². The summed E-state index contributed by atoms with van der Waals surface area (Å²) >= 11 is 0. The summed E-state index contributed by atoms with van der Waals surface area (Å²) in [5, 5.41) is 13.5. The fraction of sp³-hybridized carbons (Fsp3) is 0.360. The number of ether oxygens (including phenoxy) is 1.